The van der Waals surface area contributed by atoms with Gasteiger partial charge in [0.25, 0.3) is 0 Å². The first-order valence-corrected chi connectivity index (χ1v) is 7.43. The number of hydrogen-bond donors (Lipinski definition) is 1. The fourth-order valence-corrected chi connectivity index (χ4v) is 2.18. The Labute approximate surface area is 127 Å². The Morgan fingerprint density at radius 2 is 1.95 bits per heavy atom. The number of ether oxygens (including phenoxy) is 2. The maximum absolute atomic E-state index is 5.50. The summed E-state index contributed by atoms with van der Waals surface area (Å²) >= 11 is 0. The molecule has 0 unspecified atom stereocenters. The second-order valence-electron chi connectivity index (χ2n) is 5.20. The largest absolute Gasteiger partial charge is 0.382 e. The zero-order valence-electron chi connectivity index (χ0n) is 13.0. The summed E-state index contributed by atoms with van der Waals surface area (Å²) in [6.45, 7) is 4.69. The number of benzene rings is 1. The van der Waals surface area contributed by atoms with Crippen LogP contribution in [0.4, 0.5) is 0 Å². The minimum atomic E-state index is 0.631. The van der Waals surface area contributed by atoms with Crippen LogP contribution in [-0.2, 0) is 22.6 Å². The maximum Gasteiger partial charge on any atom is 0.193 e. The highest BCUT2D eigenvalue weighted by Crippen LogP contribution is 2.06. The Balaban J connectivity index is 1.75. The molecule has 0 radical (unpaired) electrons. The Bertz CT molecular complexity index is 445. The van der Waals surface area contributed by atoms with Gasteiger partial charge < -0.3 is 19.7 Å². The van der Waals surface area contributed by atoms with Gasteiger partial charge in [-0.15, -0.1) is 0 Å². The van der Waals surface area contributed by atoms with Crippen molar-refractivity contribution in [3.05, 3.63) is 35.4 Å². The monoisotopic (exact) mass is 291 g/mol. The quantitative estimate of drug-likeness (QED) is 0.776. The molecular formula is C16H25N3O2. The molecule has 1 aromatic rings. The van der Waals surface area contributed by atoms with Crippen molar-refractivity contribution in [2.75, 3.05) is 40.5 Å². The Morgan fingerprint density at radius 3 is 2.67 bits per heavy atom. The molecule has 5 heteroatoms. The minimum Gasteiger partial charge on any atom is -0.382 e. The number of rotatable bonds is 7. The van der Waals surface area contributed by atoms with Gasteiger partial charge in [-0.1, -0.05) is 24.3 Å². The van der Waals surface area contributed by atoms with Crippen LogP contribution in [0.1, 0.15) is 17.5 Å². The van der Waals surface area contributed by atoms with E-state index in [1.807, 2.05) is 0 Å². The third-order valence-corrected chi connectivity index (χ3v) is 3.45. The molecule has 1 heterocycles. The van der Waals surface area contributed by atoms with Crippen molar-refractivity contribution in [2.45, 2.75) is 19.6 Å². The summed E-state index contributed by atoms with van der Waals surface area (Å²) in [6, 6.07) is 8.48. The summed E-state index contributed by atoms with van der Waals surface area (Å²) in [4.78, 5) is 6.67. The average Bonchev–Trinajstić information content (AvgIpc) is 2.52. The van der Waals surface area contributed by atoms with Crippen LogP contribution >= 0.6 is 0 Å². The van der Waals surface area contributed by atoms with E-state index in [9.17, 15) is 0 Å². The molecule has 0 bridgehead atoms. The number of methoxy groups -OCH3 is 1. The Hall–Kier alpha value is -1.59. The van der Waals surface area contributed by atoms with E-state index in [1.165, 1.54) is 11.1 Å². The molecule has 0 fully saturated rings. The molecular weight excluding hydrogens is 266 g/mol. The molecule has 21 heavy (non-hydrogen) atoms. The normalized spacial score (nSPS) is 15.0. The van der Waals surface area contributed by atoms with Gasteiger partial charge in [0.15, 0.2) is 5.96 Å². The summed E-state index contributed by atoms with van der Waals surface area (Å²) in [7, 11) is 3.75. The smallest absolute Gasteiger partial charge is 0.193 e. The van der Waals surface area contributed by atoms with E-state index in [2.05, 4.69) is 46.5 Å². The van der Waals surface area contributed by atoms with E-state index in [0.29, 0.717) is 19.8 Å². The highest BCUT2D eigenvalue weighted by molar-refractivity contribution is 5.80. The van der Waals surface area contributed by atoms with Gasteiger partial charge in [0.05, 0.1) is 19.8 Å². The second kappa shape index (κ2) is 8.64. The van der Waals surface area contributed by atoms with Gasteiger partial charge >= 0.3 is 0 Å². The molecule has 116 valence electrons. The molecule has 1 aromatic carbocycles. The van der Waals surface area contributed by atoms with Gasteiger partial charge in [0.2, 0.25) is 0 Å². The van der Waals surface area contributed by atoms with Crippen molar-refractivity contribution in [2.24, 2.45) is 4.99 Å². The molecule has 1 N–H and O–H groups in total. The second-order valence-corrected chi connectivity index (χ2v) is 5.20. The van der Waals surface area contributed by atoms with Crippen molar-refractivity contribution in [1.29, 1.82) is 0 Å². The predicted octanol–water partition coefficient (Wildman–Crippen LogP) is 1.63. The topological polar surface area (TPSA) is 46.1 Å². The van der Waals surface area contributed by atoms with Gasteiger partial charge in [0, 0.05) is 33.8 Å². The van der Waals surface area contributed by atoms with Crippen LogP contribution in [0.3, 0.4) is 0 Å². The van der Waals surface area contributed by atoms with E-state index in [0.717, 1.165) is 32.0 Å². The van der Waals surface area contributed by atoms with E-state index < -0.39 is 0 Å². The van der Waals surface area contributed by atoms with Crippen molar-refractivity contribution >= 4 is 5.96 Å². The summed E-state index contributed by atoms with van der Waals surface area (Å²) in [5, 5.41) is 3.40. The standard InChI is InChI=1S/C16H25N3O2/c1-19-9-3-8-17-16(19)18-12-14-4-6-15(7-5-14)13-21-11-10-20-2/h4-7H,3,8-13H2,1-2H3,(H,17,18). The molecule has 0 saturated heterocycles. The van der Waals surface area contributed by atoms with Crippen LogP contribution in [0, 0.1) is 0 Å². The first-order chi connectivity index (χ1) is 10.3. The van der Waals surface area contributed by atoms with Crippen molar-refractivity contribution in [1.82, 2.24) is 10.2 Å². The van der Waals surface area contributed by atoms with Gasteiger partial charge in [-0.05, 0) is 17.5 Å². The maximum atomic E-state index is 5.50. The third-order valence-electron chi connectivity index (χ3n) is 3.45. The lowest BCUT2D eigenvalue weighted by Gasteiger charge is -2.25. The van der Waals surface area contributed by atoms with Crippen molar-refractivity contribution in [3.8, 4) is 0 Å². The lowest BCUT2D eigenvalue weighted by Crippen LogP contribution is -2.41. The lowest BCUT2D eigenvalue weighted by molar-refractivity contribution is 0.0616. The summed E-state index contributed by atoms with van der Waals surface area (Å²) in [5.74, 6) is 0.994. The van der Waals surface area contributed by atoms with E-state index in [1.54, 1.807) is 7.11 Å². The molecule has 2 rings (SSSR count). The summed E-state index contributed by atoms with van der Waals surface area (Å²) in [5.41, 5.74) is 2.43. The zero-order chi connectivity index (χ0) is 14.9. The number of guanidine groups is 1. The molecule has 5 nitrogen and oxygen atoms in total. The highest BCUT2D eigenvalue weighted by Gasteiger charge is 2.09. The van der Waals surface area contributed by atoms with Crippen LogP contribution in [0.25, 0.3) is 0 Å². The molecule has 0 amide bonds. The van der Waals surface area contributed by atoms with E-state index in [-0.39, 0.29) is 0 Å². The molecule has 0 aliphatic carbocycles. The zero-order valence-corrected chi connectivity index (χ0v) is 13.0. The van der Waals surface area contributed by atoms with E-state index in [4.69, 9.17) is 9.47 Å². The fraction of sp³-hybridized carbons (Fsp3) is 0.562. The van der Waals surface area contributed by atoms with Gasteiger partial charge in [-0.3, -0.25) is 4.99 Å². The van der Waals surface area contributed by atoms with E-state index >= 15 is 0 Å². The van der Waals surface area contributed by atoms with Crippen LogP contribution < -0.4 is 5.32 Å². The van der Waals surface area contributed by atoms with Crippen molar-refractivity contribution in [3.63, 3.8) is 0 Å². The molecule has 1 aliphatic heterocycles. The Kier molecular flexibility index (Phi) is 6.50. The van der Waals surface area contributed by atoms with Crippen molar-refractivity contribution < 1.29 is 9.47 Å². The number of nitrogens with zero attached hydrogens (tertiary/aromatic N) is 2. The fourth-order valence-electron chi connectivity index (χ4n) is 2.18. The molecule has 0 spiro atoms. The Morgan fingerprint density at radius 1 is 1.19 bits per heavy atom. The number of aliphatic imine (C=N–C) groups is 1. The summed E-state index contributed by atoms with van der Waals surface area (Å²) < 4.78 is 10.5. The first kappa shape index (κ1) is 15.8. The van der Waals surface area contributed by atoms with Crippen LogP contribution in [0.5, 0.6) is 0 Å². The molecule has 0 saturated carbocycles. The van der Waals surface area contributed by atoms with Crippen LogP contribution in [0.15, 0.2) is 29.3 Å². The van der Waals surface area contributed by atoms with Crippen LogP contribution in [-0.4, -0.2) is 51.3 Å². The van der Waals surface area contributed by atoms with Gasteiger partial charge in [-0.25, -0.2) is 0 Å². The highest BCUT2D eigenvalue weighted by atomic mass is 16.5. The molecule has 0 aromatic heterocycles. The third kappa shape index (κ3) is 5.36. The van der Waals surface area contributed by atoms with Gasteiger partial charge in [-0.2, -0.15) is 0 Å². The van der Waals surface area contributed by atoms with Crippen LogP contribution in [0.2, 0.25) is 0 Å². The molecule has 0 atom stereocenters. The number of nitrogens with one attached hydrogen (secondary N) is 1. The predicted molar refractivity (Wildman–Crippen MR) is 84.4 cm³/mol. The number of hydrogen-bond acceptors (Lipinski definition) is 5. The summed E-state index contributed by atoms with van der Waals surface area (Å²) in [6.07, 6.45) is 1.14. The minimum absolute atomic E-state index is 0.631. The van der Waals surface area contributed by atoms with Gasteiger partial charge in [0.1, 0.15) is 0 Å². The average molecular weight is 291 g/mol. The molecule has 1 aliphatic rings. The lowest BCUT2D eigenvalue weighted by atomic mass is 10.1. The SMILES string of the molecule is COCCOCc1ccc(CNC2=NCCCN2C)cc1. The first-order valence-electron chi connectivity index (χ1n) is 7.43.